The highest BCUT2D eigenvalue weighted by atomic mass is 32.1. The molecule has 0 spiro atoms. The van der Waals surface area contributed by atoms with Crippen LogP contribution in [-0.4, -0.2) is 9.78 Å². The molecule has 2 nitrogen and oxygen atoms in total. The molecule has 0 bridgehead atoms. The average molecular weight is 170 g/mol. The van der Waals surface area contributed by atoms with E-state index in [1.165, 1.54) is 5.69 Å². The van der Waals surface area contributed by atoms with Crippen LogP contribution in [0.25, 0.3) is 0 Å². The highest BCUT2D eigenvalue weighted by molar-refractivity contribution is 7.80. The first-order valence-corrected chi connectivity index (χ1v) is 4.34. The molecule has 0 N–H and O–H groups in total. The minimum atomic E-state index is 0.993. The summed E-state index contributed by atoms with van der Waals surface area (Å²) in [6.45, 7) is 7.18. The Bertz CT molecular complexity index is 253. The van der Waals surface area contributed by atoms with E-state index < -0.39 is 0 Å². The van der Waals surface area contributed by atoms with Gasteiger partial charge < -0.3 is 0 Å². The van der Waals surface area contributed by atoms with Gasteiger partial charge in [-0.1, -0.05) is 6.92 Å². The fourth-order valence-corrected chi connectivity index (χ4v) is 1.28. The van der Waals surface area contributed by atoms with Gasteiger partial charge in [0.25, 0.3) is 0 Å². The Labute approximate surface area is 73.0 Å². The van der Waals surface area contributed by atoms with Gasteiger partial charge in [0.1, 0.15) is 0 Å². The van der Waals surface area contributed by atoms with E-state index >= 15 is 0 Å². The van der Waals surface area contributed by atoms with Crippen molar-refractivity contribution in [2.45, 2.75) is 38.6 Å². The smallest absolute Gasteiger partial charge is 0.0729 e. The summed E-state index contributed by atoms with van der Waals surface area (Å²) < 4.78 is 2.01. The molecule has 1 heterocycles. The van der Waals surface area contributed by atoms with Crippen molar-refractivity contribution in [3.05, 3.63) is 11.4 Å². The molecule has 0 aliphatic carbocycles. The van der Waals surface area contributed by atoms with Crippen LogP contribution in [-0.2, 0) is 6.54 Å². The standard InChI is InChI=1S/C8H14N2S/c1-4-5-10-7(3)8(11)6(2)9-10/h11H,4-5H2,1-3H3. The quantitative estimate of drug-likeness (QED) is 0.674. The molecule has 0 fully saturated rings. The van der Waals surface area contributed by atoms with Crippen LogP contribution in [0, 0.1) is 13.8 Å². The lowest BCUT2D eigenvalue weighted by Crippen LogP contribution is -2.00. The lowest BCUT2D eigenvalue weighted by molar-refractivity contribution is 0.582. The van der Waals surface area contributed by atoms with E-state index in [4.69, 9.17) is 0 Å². The summed E-state index contributed by atoms with van der Waals surface area (Å²) >= 11 is 4.34. The minimum Gasteiger partial charge on any atom is -0.268 e. The molecule has 0 saturated carbocycles. The van der Waals surface area contributed by atoms with Crippen molar-refractivity contribution in [2.24, 2.45) is 0 Å². The average Bonchev–Trinajstić information content (AvgIpc) is 2.19. The SMILES string of the molecule is CCCn1nc(C)c(S)c1C. The largest absolute Gasteiger partial charge is 0.268 e. The number of rotatable bonds is 2. The topological polar surface area (TPSA) is 17.8 Å². The predicted molar refractivity (Wildman–Crippen MR) is 49.2 cm³/mol. The molecule has 0 unspecified atom stereocenters. The molecule has 1 aromatic heterocycles. The van der Waals surface area contributed by atoms with Crippen molar-refractivity contribution < 1.29 is 0 Å². The van der Waals surface area contributed by atoms with Gasteiger partial charge in [-0.3, -0.25) is 4.68 Å². The third kappa shape index (κ3) is 1.59. The van der Waals surface area contributed by atoms with Crippen molar-refractivity contribution in [3.8, 4) is 0 Å². The van der Waals surface area contributed by atoms with E-state index in [1.54, 1.807) is 0 Å². The van der Waals surface area contributed by atoms with E-state index in [-0.39, 0.29) is 0 Å². The highest BCUT2D eigenvalue weighted by Gasteiger charge is 2.05. The summed E-state index contributed by atoms with van der Waals surface area (Å²) in [6, 6.07) is 0. The molecular weight excluding hydrogens is 156 g/mol. The van der Waals surface area contributed by atoms with Crippen LogP contribution in [0.15, 0.2) is 4.90 Å². The fourth-order valence-electron chi connectivity index (χ4n) is 1.12. The normalized spacial score (nSPS) is 10.5. The molecule has 11 heavy (non-hydrogen) atoms. The van der Waals surface area contributed by atoms with Crippen LogP contribution in [0.4, 0.5) is 0 Å². The summed E-state index contributed by atoms with van der Waals surface area (Å²) in [7, 11) is 0. The Morgan fingerprint density at radius 1 is 1.45 bits per heavy atom. The first-order chi connectivity index (χ1) is 5.16. The van der Waals surface area contributed by atoms with Crippen molar-refractivity contribution in [3.63, 3.8) is 0 Å². The van der Waals surface area contributed by atoms with Gasteiger partial charge >= 0.3 is 0 Å². The summed E-state index contributed by atoms with van der Waals surface area (Å²) in [4.78, 5) is 1.03. The number of hydrogen-bond acceptors (Lipinski definition) is 2. The van der Waals surface area contributed by atoms with Crippen molar-refractivity contribution >= 4 is 12.6 Å². The van der Waals surface area contributed by atoms with Gasteiger partial charge in [-0.15, -0.1) is 12.6 Å². The number of nitrogens with zero attached hydrogens (tertiary/aromatic N) is 2. The van der Waals surface area contributed by atoms with Crippen LogP contribution < -0.4 is 0 Å². The van der Waals surface area contributed by atoms with Crippen molar-refractivity contribution in [1.82, 2.24) is 9.78 Å². The fraction of sp³-hybridized carbons (Fsp3) is 0.625. The minimum absolute atomic E-state index is 0.993. The molecular formula is C8H14N2S. The molecule has 0 atom stereocenters. The van der Waals surface area contributed by atoms with Gasteiger partial charge in [0, 0.05) is 17.1 Å². The maximum Gasteiger partial charge on any atom is 0.0729 e. The van der Waals surface area contributed by atoms with Gasteiger partial charge in [0.05, 0.1) is 5.69 Å². The lowest BCUT2D eigenvalue weighted by atomic mass is 10.4. The van der Waals surface area contributed by atoms with E-state index in [0.29, 0.717) is 0 Å². The molecule has 3 heteroatoms. The molecule has 1 aromatic rings. The Hall–Kier alpha value is -0.440. The van der Waals surface area contributed by atoms with Crippen LogP contribution >= 0.6 is 12.6 Å². The van der Waals surface area contributed by atoms with E-state index in [9.17, 15) is 0 Å². The molecule has 62 valence electrons. The summed E-state index contributed by atoms with van der Waals surface area (Å²) in [5.74, 6) is 0. The molecule has 0 saturated heterocycles. The first kappa shape index (κ1) is 8.65. The Morgan fingerprint density at radius 3 is 2.45 bits per heavy atom. The second kappa shape index (κ2) is 3.30. The Kier molecular flexibility index (Phi) is 2.60. The zero-order chi connectivity index (χ0) is 8.43. The van der Waals surface area contributed by atoms with Crippen LogP contribution in [0.1, 0.15) is 24.7 Å². The molecule has 1 rings (SSSR count). The zero-order valence-electron chi connectivity index (χ0n) is 7.26. The van der Waals surface area contributed by atoms with Crippen molar-refractivity contribution in [2.75, 3.05) is 0 Å². The number of hydrogen-bond donors (Lipinski definition) is 1. The summed E-state index contributed by atoms with van der Waals surface area (Å²) in [5, 5.41) is 4.34. The second-order valence-electron chi connectivity index (χ2n) is 2.74. The number of aryl methyl sites for hydroxylation is 2. The van der Waals surface area contributed by atoms with Gasteiger partial charge in [-0.2, -0.15) is 5.10 Å². The Morgan fingerprint density at radius 2 is 2.09 bits per heavy atom. The van der Waals surface area contributed by atoms with Crippen LogP contribution in [0.5, 0.6) is 0 Å². The van der Waals surface area contributed by atoms with Gasteiger partial charge in [-0.25, -0.2) is 0 Å². The van der Waals surface area contributed by atoms with E-state index in [1.807, 2.05) is 11.6 Å². The molecule has 0 aromatic carbocycles. The molecule has 0 amide bonds. The lowest BCUT2D eigenvalue weighted by Gasteiger charge is -1.99. The van der Waals surface area contributed by atoms with Crippen LogP contribution in [0.2, 0.25) is 0 Å². The van der Waals surface area contributed by atoms with Crippen molar-refractivity contribution in [1.29, 1.82) is 0 Å². The number of thiol groups is 1. The summed E-state index contributed by atoms with van der Waals surface area (Å²) in [5.41, 5.74) is 2.20. The predicted octanol–water partition coefficient (Wildman–Crippen LogP) is 2.20. The van der Waals surface area contributed by atoms with E-state index in [2.05, 4.69) is 31.6 Å². The zero-order valence-corrected chi connectivity index (χ0v) is 8.15. The number of aromatic nitrogens is 2. The third-order valence-electron chi connectivity index (χ3n) is 1.78. The second-order valence-corrected chi connectivity index (χ2v) is 3.19. The molecule has 0 aliphatic heterocycles. The van der Waals surface area contributed by atoms with Crippen LogP contribution in [0.3, 0.4) is 0 Å². The van der Waals surface area contributed by atoms with Gasteiger partial charge in [-0.05, 0) is 20.3 Å². The molecule has 0 aliphatic rings. The summed E-state index contributed by atoms with van der Waals surface area (Å²) in [6.07, 6.45) is 1.12. The Balaban J connectivity index is 2.98. The molecule has 0 radical (unpaired) electrons. The van der Waals surface area contributed by atoms with Gasteiger partial charge in [0.2, 0.25) is 0 Å². The maximum atomic E-state index is 4.34. The highest BCUT2D eigenvalue weighted by Crippen LogP contribution is 2.16. The van der Waals surface area contributed by atoms with E-state index in [0.717, 1.165) is 23.6 Å². The van der Waals surface area contributed by atoms with Gasteiger partial charge in [0.15, 0.2) is 0 Å². The monoisotopic (exact) mass is 170 g/mol. The maximum absolute atomic E-state index is 4.34. The third-order valence-corrected chi connectivity index (χ3v) is 2.43. The first-order valence-electron chi connectivity index (χ1n) is 3.89.